The van der Waals surface area contributed by atoms with Gasteiger partial charge in [0, 0.05) is 24.9 Å². The summed E-state index contributed by atoms with van der Waals surface area (Å²) in [4.78, 5) is 4.23. The van der Waals surface area contributed by atoms with Gasteiger partial charge in [-0.2, -0.15) is 0 Å². The number of hydrogen-bond donors (Lipinski definition) is 1. The predicted molar refractivity (Wildman–Crippen MR) is 57.3 cm³/mol. The highest BCUT2D eigenvalue weighted by atomic mass is 16.5. The number of hydrogen-bond acceptors (Lipinski definition) is 3. The summed E-state index contributed by atoms with van der Waals surface area (Å²) in [5.74, 6) is 0. The molecule has 0 aliphatic carbocycles. The number of aromatic nitrogens is 1. The molecule has 0 aliphatic rings. The molecule has 0 saturated heterocycles. The van der Waals surface area contributed by atoms with E-state index >= 15 is 0 Å². The average Bonchev–Trinajstić information content (AvgIpc) is 2.20. The van der Waals surface area contributed by atoms with Gasteiger partial charge in [0.1, 0.15) is 0 Å². The molecule has 1 N–H and O–H groups in total. The third-order valence-electron chi connectivity index (χ3n) is 1.98. The van der Waals surface area contributed by atoms with E-state index in [0.29, 0.717) is 0 Å². The molecule has 0 saturated carbocycles. The molecular weight excluding hydrogens is 176 g/mol. The number of likely N-dealkylation sites (N-methyl/N-ethyl adjacent to an activating group) is 1. The zero-order valence-electron chi connectivity index (χ0n) is 8.86. The average molecular weight is 194 g/mol. The predicted octanol–water partition coefficient (Wildman–Crippen LogP) is 1.25. The largest absolute Gasteiger partial charge is 0.377 e. The highest BCUT2D eigenvalue weighted by molar-refractivity contribution is 5.03. The van der Waals surface area contributed by atoms with Gasteiger partial charge in [-0.05, 0) is 26.1 Å². The zero-order valence-corrected chi connectivity index (χ0v) is 8.86. The SMILES string of the molecule is CNCC(C)OCCc1ccccn1. The van der Waals surface area contributed by atoms with Crippen LogP contribution in [0, 0.1) is 0 Å². The number of ether oxygens (including phenoxy) is 1. The fourth-order valence-corrected chi connectivity index (χ4v) is 1.26. The van der Waals surface area contributed by atoms with Gasteiger partial charge < -0.3 is 10.1 Å². The first-order valence-corrected chi connectivity index (χ1v) is 4.99. The van der Waals surface area contributed by atoms with Crippen molar-refractivity contribution in [2.45, 2.75) is 19.4 Å². The van der Waals surface area contributed by atoms with Crippen LogP contribution in [0.5, 0.6) is 0 Å². The minimum atomic E-state index is 0.267. The van der Waals surface area contributed by atoms with Crippen molar-refractivity contribution in [2.75, 3.05) is 20.2 Å². The second-order valence-electron chi connectivity index (χ2n) is 3.31. The van der Waals surface area contributed by atoms with Crippen molar-refractivity contribution >= 4 is 0 Å². The summed E-state index contributed by atoms with van der Waals surface area (Å²) in [7, 11) is 1.93. The lowest BCUT2D eigenvalue weighted by Gasteiger charge is -2.11. The van der Waals surface area contributed by atoms with Crippen molar-refractivity contribution in [2.24, 2.45) is 0 Å². The Labute approximate surface area is 85.5 Å². The van der Waals surface area contributed by atoms with Crippen LogP contribution >= 0.6 is 0 Å². The molecule has 78 valence electrons. The summed E-state index contributed by atoms with van der Waals surface area (Å²) < 4.78 is 5.58. The van der Waals surface area contributed by atoms with E-state index in [9.17, 15) is 0 Å². The van der Waals surface area contributed by atoms with Crippen LogP contribution in [0.2, 0.25) is 0 Å². The standard InChI is InChI=1S/C11H18N2O/c1-10(9-12-2)14-8-6-11-5-3-4-7-13-11/h3-5,7,10,12H,6,8-9H2,1-2H3. The molecule has 1 unspecified atom stereocenters. The highest BCUT2D eigenvalue weighted by Crippen LogP contribution is 1.96. The van der Waals surface area contributed by atoms with E-state index in [2.05, 4.69) is 17.2 Å². The van der Waals surface area contributed by atoms with Crippen molar-refractivity contribution in [3.63, 3.8) is 0 Å². The third kappa shape index (κ3) is 4.35. The summed E-state index contributed by atoms with van der Waals surface area (Å²) in [5.41, 5.74) is 1.09. The van der Waals surface area contributed by atoms with E-state index < -0.39 is 0 Å². The lowest BCUT2D eigenvalue weighted by molar-refractivity contribution is 0.0692. The molecule has 0 spiro atoms. The third-order valence-corrected chi connectivity index (χ3v) is 1.98. The lowest BCUT2D eigenvalue weighted by atomic mass is 10.3. The second-order valence-corrected chi connectivity index (χ2v) is 3.31. The first-order valence-electron chi connectivity index (χ1n) is 4.99. The molecule has 0 amide bonds. The monoisotopic (exact) mass is 194 g/mol. The van der Waals surface area contributed by atoms with Gasteiger partial charge in [-0.15, -0.1) is 0 Å². The Balaban J connectivity index is 2.16. The molecule has 0 radical (unpaired) electrons. The maximum absolute atomic E-state index is 5.58. The van der Waals surface area contributed by atoms with Crippen molar-refractivity contribution in [1.29, 1.82) is 0 Å². The maximum atomic E-state index is 5.58. The summed E-state index contributed by atoms with van der Waals surface area (Å²) in [6.07, 6.45) is 2.96. The van der Waals surface area contributed by atoms with Gasteiger partial charge in [-0.25, -0.2) is 0 Å². The smallest absolute Gasteiger partial charge is 0.0671 e. The second kappa shape index (κ2) is 6.51. The Morgan fingerprint density at radius 3 is 3.00 bits per heavy atom. The van der Waals surface area contributed by atoms with E-state index in [4.69, 9.17) is 4.74 Å². The Kier molecular flexibility index (Phi) is 5.19. The van der Waals surface area contributed by atoms with E-state index in [0.717, 1.165) is 25.3 Å². The molecule has 0 fully saturated rings. The number of pyridine rings is 1. The van der Waals surface area contributed by atoms with E-state index in [1.165, 1.54) is 0 Å². The Morgan fingerprint density at radius 2 is 2.36 bits per heavy atom. The molecule has 1 aromatic heterocycles. The van der Waals surface area contributed by atoms with Crippen LogP contribution in [0.4, 0.5) is 0 Å². The molecule has 1 atom stereocenters. The Hall–Kier alpha value is -0.930. The molecule has 14 heavy (non-hydrogen) atoms. The van der Waals surface area contributed by atoms with Gasteiger partial charge in [0.15, 0.2) is 0 Å². The topological polar surface area (TPSA) is 34.1 Å². The molecule has 0 bridgehead atoms. The van der Waals surface area contributed by atoms with Crippen molar-refractivity contribution in [1.82, 2.24) is 10.3 Å². The molecule has 1 rings (SSSR count). The zero-order chi connectivity index (χ0) is 10.2. The van der Waals surface area contributed by atoms with Gasteiger partial charge in [-0.3, -0.25) is 4.98 Å². The van der Waals surface area contributed by atoms with E-state index in [-0.39, 0.29) is 6.10 Å². The van der Waals surface area contributed by atoms with Gasteiger partial charge in [0.2, 0.25) is 0 Å². The van der Waals surface area contributed by atoms with Gasteiger partial charge in [0.25, 0.3) is 0 Å². The van der Waals surface area contributed by atoms with Crippen LogP contribution < -0.4 is 5.32 Å². The van der Waals surface area contributed by atoms with Crippen molar-refractivity contribution in [3.05, 3.63) is 30.1 Å². The van der Waals surface area contributed by atoms with E-state index in [1.54, 1.807) is 0 Å². The van der Waals surface area contributed by atoms with Crippen LogP contribution in [0.1, 0.15) is 12.6 Å². The lowest BCUT2D eigenvalue weighted by Crippen LogP contribution is -2.24. The molecule has 1 aromatic rings. The van der Waals surface area contributed by atoms with Gasteiger partial charge in [-0.1, -0.05) is 6.07 Å². The minimum Gasteiger partial charge on any atom is -0.377 e. The van der Waals surface area contributed by atoms with Gasteiger partial charge in [0.05, 0.1) is 12.7 Å². The summed E-state index contributed by atoms with van der Waals surface area (Å²) in [5, 5.41) is 3.08. The number of rotatable bonds is 6. The molecule has 0 aromatic carbocycles. The maximum Gasteiger partial charge on any atom is 0.0671 e. The molecule has 3 heteroatoms. The fourth-order valence-electron chi connectivity index (χ4n) is 1.26. The normalized spacial score (nSPS) is 12.7. The van der Waals surface area contributed by atoms with Gasteiger partial charge >= 0.3 is 0 Å². The number of nitrogens with one attached hydrogen (secondary N) is 1. The molecule has 1 heterocycles. The first-order chi connectivity index (χ1) is 6.83. The highest BCUT2D eigenvalue weighted by Gasteiger charge is 2.00. The quantitative estimate of drug-likeness (QED) is 0.740. The van der Waals surface area contributed by atoms with Crippen molar-refractivity contribution < 1.29 is 4.74 Å². The van der Waals surface area contributed by atoms with Crippen LogP contribution in [-0.2, 0) is 11.2 Å². The summed E-state index contributed by atoms with van der Waals surface area (Å²) in [6, 6.07) is 5.94. The Morgan fingerprint density at radius 1 is 1.50 bits per heavy atom. The fraction of sp³-hybridized carbons (Fsp3) is 0.545. The Bertz CT molecular complexity index is 238. The first kappa shape index (κ1) is 11.1. The summed E-state index contributed by atoms with van der Waals surface area (Å²) >= 11 is 0. The van der Waals surface area contributed by atoms with Crippen molar-refractivity contribution in [3.8, 4) is 0 Å². The minimum absolute atomic E-state index is 0.267. The van der Waals surface area contributed by atoms with E-state index in [1.807, 2.05) is 31.4 Å². The van der Waals surface area contributed by atoms with Crippen LogP contribution in [-0.4, -0.2) is 31.3 Å². The van der Waals surface area contributed by atoms with Crippen LogP contribution in [0.25, 0.3) is 0 Å². The molecular formula is C11H18N2O. The molecule has 3 nitrogen and oxygen atoms in total. The van der Waals surface area contributed by atoms with Crippen LogP contribution in [0.15, 0.2) is 24.4 Å². The molecule has 0 aliphatic heterocycles. The summed E-state index contributed by atoms with van der Waals surface area (Å²) in [6.45, 7) is 3.69. The van der Waals surface area contributed by atoms with Crippen LogP contribution in [0.3, 0.4) is 0 Å². The number of nitrogens with zero attached hydrogens (tertiary/aromatic N) is 1.